The van der Waals surface area contributed by atoms with Crippen LogP contribution in [-0.4, -0.2) is 4.98 Å². The molecule has 0 aliphatic rings. The first-order valence-electron chi connectivity index (χ1n) is 6.61. The van der Waals surface area contributed by atoms with Gasteiger partial charge in [0, 0.05) is 23.7 Å². The van der Waals surface area contributed by atoms with E-state index in [4.69, 9.17) is 10.5 Å². The highest BCUT2D eigenvalue weighted by Gasteiger charge is 2.06. The maximum absolute atomic E-state index is 5.92. The van der Waals surface area contributed by atoms with Gasteiger partial charge in [-0.2, -0.15) is 0 Å². The Kier molecular flexibility index (Phi) is 3.35. The zero-order chi connectivity index (χ0) is 13.9. The van der Waals surface area contributed by atoms with Crippen LogP contribution < -0.4 is 10.5 Å². The minimum Gasteiger partial charge on any atom is -0.438 e. The van der Waals surface area contributed by atoms with Crippen molar-refractivity contribution in [3.63, 3.8) is 0 Å². The van der Waals surface area contributed by atoms with Crippen molar-refractivity contribution in [3.8, 4) is 11.6 Å². The largest absolute Gasteiger partial charge is 0.438 e. The highest BCUT2D eigenvalue weighted by atomic mass is 16.5. The second-order valence-electron chi connectivity index (χ2n) is 4.80. The minimum absolute atomic E-state index is 0.0344. The second kappa shape index (κ2) is 5.31. The van der Waals surface area contributed by atoms with Crippen molar-refractivity contribution in [3.05, 3.63) is 66.4 Å². The van der Waals surface area contributed by atoms with Crippen LogP contribution in [-0.2, 0) is 0 Å². The fourth-order valence-electron chi connectivity index (χ4n) is 2.16. The van der Waals surface area contributed by atoms with Gasteiger partial charge in [-0.3, -0.25) is 0 Å². The number of fused-ring (bicyclic) bond motifs is 1. The highest BCUT2D eigenvalue weighted by molar-refractivity contribution is 5.88. The first kappa shape index (κ1) is 12.6. The van der Waals surface area contributed by atoms with Crippen molar-refractivity contribution in [2.24, 2.45) is 5.73 Å². The van der Waals surface area contributed by atoms with Gasteiger partial charge in [-0.1, -0.05) is 36.4 Å². The number of nitrogens with zero attached hydrogens (tertiary/aromatic N) is 1. The van der Waals surface area contributed by atoms with E-state index in [9.17, 15) is 0 Å². The summed E-state index contributed by atoms with van der Waals surface area (Å²) in [5.74, 6) is 1.37. The molecule has 3 aromatic rings. The lowest BCUT2D eigenvalue weighted by atomic mass is 10.1. The third-order valence-electron chi connectivity index (χ3n) is 3.25. The Hall–Kier alpha value is -2.39. The molecular weight excluding hydrogens is 248 g/mol. The first-order valence-corrected chi connectivity index (χ1v) is 6.61. The van der Waals surface area contributed by atoms with E-state index in [2.05, 4.69) is 17.1 Å². The summed E-state index contributed by atoms with van der Waals surface area (Å²) in [6, 6.07) is 17.9. The average molecular weight is 264 g/mol. The van der Waals surface area contributed by atoms with E-state index in [1.54, 1.807) is 6.20 Å². The van der Waals surface area contributed by atoms with Gasteiger partial charge in [0.1, 0.15) is 5.75 Å². The molecule has 0 aliphatic carbocycles. The smallest absolute Gasteiger partial charge is 0.219 e. The molecule has 1 atom stereocenters. The molecule has 0 radical (unpaired) electrons. The van der Waals surface area contributed by atoms with Crippen molar-refractivity contribution >= 4 is 10.8 Å². The van der Waals surface area contributed by atoms with Crippen molar-refractivity contribution in [1.29, 1.82) is 0 Å². The Bertz CT molecular complexity index is 732. The average Bonchev–Trinajstić information content (AvgIpc) is 2.48. The fourth-order valence-corrected chi connectivity index (χ4v) is 2.16. The Morgan fingerprint density at radius 2 is 1.85 bits per heavy atom. The first-order chi connectivity index (χ1) is 9.74. The summed E-state index contributed by atoms with van der Waals surface area (Å²) < 4.78 is 5.92. The van der Waals surface area contributed by atoms with Gasteiger partial charge in [-0.05, 0) is 30.0 Å². The van der Waals surface area contributed by atoms with Gasteiger partial charge >= 0.3 is 0 Å². The Labute approximate surface area is 118 Å². The van der Waals surface area contributed by atoms with Crippen LogP contribution in [0.4, 0.5) is 0 Å². The molecule has 0 saturated carbocycles. The molecule has 3 nitrogen and oxygen atoms in total. The van der Waals surface area contributed by atoms with Crippen LogP contribution in [0.25, 0.3) is 10.8 Å². The zero-order valence-corrected chi connectivity index (χ0v) is 11.3. The molecule has 20 heavy (non-hydrogen) atoms. The number of hydrogen-bond acceptors (Lipinski definition) is 3. The van der Waals surface area contributed by atoms with E-state index in [1.165, 1.54) is 0 Å². The molecule has 0 unspecified atom stereocenters. The summed E-state index contributed by atoms with van der Waals surface area (Å²) in [4.78, 5) is 4.25. The predicted octanol–water partition coefficient (Wildman–Crippen LogP) is 4.05. The van der Waals surface area contributed by atoms with E-state index < -0.39 is 0 Å². The summed E-state index contributed by atoms with van der Waals surface area (Å²) in [5.41, 5.74) is 6.89. The third kappa shape index (κ3) is 2.49. The van der Waals surface area contributed by atoms with Crippen molar-refractivity contribution in [2.45, 2.75) is 13.0 Å². The van der Waals surface area contributed by atoms with Gasteiger partial charge in [-0.15, -0.1) is 0 Å². The molecule has 0 fully saturated rings. The quantitative estimate of drug-likeness (QED) is 0.776. The molecule has 2 N–H and O–H groups in total. The molecule has 100 valence electrons. The van der Waals surface area contributed by atoms with E-state index in [0.29, 0.717) is 5.88 Å². The van der Waals surface area contributed by atoms with Crippen LogP contribution in [0.2, 0.25) is 0 Å². The van der Waals surface area contributed by atoms with E-state index in [0.717, 1.165) is 22.1 Å². The molecule has 1 aromatic heterocycles. The van der Waals surface area contributed by atoms with Gasteiger partial charge < -0.3 is 10.5 Å². The molecule has 0 bridgehead atoms. The zero-order valence-electron chi connectivity index (χ0n) is 11.3. The third-order valence-corrected chi connectivity index (χ3v) is 3.25. The lowest BCUT2D eigenvalue weighted by Crippen LogP contribution is -2.05. The maximum Gasteiger partial charge on any atom is 0.219 e. The van der Waals surface area contributed by atoms with Gasteiger partial charge in [0.25, 0.3) is 0 Å². The van der Waals surface area contributed by atoms with Gasteiger partial charge in [-0.25, -0.2) is 4.98 Å². The summed E-state index contributed by atoms with van der Waals surface area (Å²) in [6.45, 7) is 1.94. The summed E-state index contributed by atoms with van der Waals surface area (Å²) >= 11 is 0. The summed E-state index contributed by atoms with van der Waals surface area (Å²) in [7, 11) is 0. The SMILES string of the molecule is C[C@H](N)c1ccnc(Oc2cccc3ccccc23)c1. The number of hydrogen-bond donors (Lipinski definition) is 1. The van der Waals surface area contributed by atoms with E-state index in [-0.39, 0.29) is 6.04 Å². The molecule has 3 rings (SSSR count). The molecular formula is C17H16N2O. The van der Waals surface area contributed by atoms with Crippen LogP contribution in [0.15, 0.2) is 60.8 Å². The lowest BCUT2D eigenvalue weighted by Gasteiger charge is -2.10. The highest BCUT2D eigenvalue weighted by Crippen LogP contribution is 2.29. The molecule has 1 heterocycles. The summed E-state index contributed by atoms with van der Waals surface area (Å²) in [5, 5.41) is 2.22. The number of ether oxygens (including phenoxy) is 1. The summed E-state index contributed by atoms with van der Waals surface area (Å²) in [6.07, 6.45) is 1.72. The number of nitrogens with two attached hydrogens (primary N) is 1. The monoisotopic (exact) mass is 264 g/mol. The van der Waals surface area contributed by atoms with Crippen molar-refractivity contribution in [2.75, 3.05) is 0 Å². The Morgan fingerprint density at radius 3 is 2.70 bits per heavy atom. The molecule has 0 aliphatic heterocycles. The number of benzene rings is 2. The van der Waals surface area contributed by atoms with Crippen LogP contribution in [0.5, 0.6) is 11.6 Å². The predicted molar refractivity (Wildman–Crippen MR) is 80.9 cm³/mol. The molecule has 0 saturated heterocycles. The molecule has 0 spiro atoms. The molecule has 0 amide bonds. The standard InChI is InChI=1S/C17H16N2O/c1-12(18)14-9-10-19-17(11-14)20-16-8-4-6-13-5-2-3-7-15(13)16/h2-12H,18H2,1H3/t12-/m0/s1. The molecule has 2 aromatic carbocycles. The number of rotatable bonds is 3. The Balaban J connectivity index is 1.99. The number of pyridine rings is 1. The van der Waals surface area contributed by atoms with Gasteiger partial charge in [0.05, 0.1) is 0 Å². The maximum atomic E-state index is 5.92. The minimum atomic E-state index is -0.0344. The normalized spacial score (nSPS) is 12.3. The van der Waals surface area contributed by atoms with Gasteiger partial charge in [0.2, 0.25) is 5.88 Å². The van der Waals surface area contributed by atoms with Crippen molar-refractivity contribution < 1.29 is 4.74 Å². The fraction of sp³-hybridized carbons (Fsp3) is 0.118. The molecule has 3 heteroatoms. The van der Waals surface area contributed by atoms with E-state index in [1.807, 2.05) is 49.4 Å². The Morgan fingerprint density at radius 1 is 1.05 bits per heavy atom. The lowest BCUT2D eigenvalue weighted by molar-refractivity contribution is 0.467. The topological polar surface area (TPSA) is 48.1 Å². The van der Waals surface area contributed by atoms with Crippen LogP contribution >= 0.6 is 0 Å². The number of aromatic nitrogens is 1. The van der Waals surface area contributed by atoms with Crippen LogP contribution in [0.3, 0.4) is 0 Å². The van der Waals surface area contributed by atoms with Crippen LogP contribution in [0.1, 0.15) is 18.5 Å². The van der Waals surface area contributed by atoms with E-state index >= 15 is 0 Å². The van der Waals surface area contributed by atoms with Crippen molar-refractivity contribution in [1.82, 2.24) is 4.98 Å². The van der Waals surface area contributed by atoms with Crippen LogP contribution in [0, 0.1) is 0 Å². The second-order valence-corrected chi connectivity index (χ2v) is 4.80. The van der Waals surface area contributed by atoms with Gasteiger partial charge in [0.15, 0.2) is 0 Å².